The molecule has 1 atom stereocenters. The van der Waals surface area contributed by atoms with Crippen LogP contribution in [0.1, 0.15) is 29.5 Å². The fourth-order valence-corrected chi connectivity index (χ4v) is 4.32. The Hall–Kier alpha value is -1.64. The monoisotopic (exact) mass is 521 g/mol. The Morgan fingerprint density at radius 1 is 1.07 bits per heavy atom. The van der Waals surface area contributed by atoms with E-state index in [0.29, 0.717) is 18.6 Å². The van der Waals surface area contributed by atoms with Gasteiger partial charge in [0.05, 0.1) is 19.8 Å². The van der Waals surface area contributed by atoms with E-state index in [-0.39, 0.29) is 24.0 Å². The number of hydrogen-bond donors (Lipinski definition) is 1. The summed E-state index contributed by atoms with van der Waals surface area (Å²) in [4.78, 5) is 6.91. The van der Waals surface area contributed by atoms with Crippen LogP contribution in [0.15, 0.2) is 59.6 Å². The Morgan fingerprint density at radius 3 is 2.57 bits per heavy atom. The lowest BCUT2D eigenvalue weighted by atomic mass is 9.87. The summed E-state index contributed by atoms with van der Waals surface area (Å²) < 4.78 is 11.6. The fourth-order valence-electron chi connectivity index (χ4n) is 4.32. The summed E-state index contributed by atoms with van der Waals surface area (Å²) in [7, 11) is 1.87. The average molecular weight is 521 g/mol. The Labute approximate surface area is 196 Å². The van der Waals surface area contributed by atoms with Gasteiger partial charge in [-0.3, -0.25) is 4.99 Å². The zero-order valence-electron chi connectivity index (χ0n) is 17.7. The van der Waals surface area contributed by atoms with E-state index in [0.717, 1.165) is 38.8 Å². The molecule has 2 saturated heterocycles. The number of benzene rings is 2. The third kappa shape index (κ3) is 5.74. The first-order valence-corrected chi connectivity index (χ1v) is 10.5. The van der Waals surface area contributed by atoms with Crippen molar-refractivity contribution in [2.45, 2.75) is 32.6 Å². The summed E-state index contributed by atoms with van der Waals surface area (Å²) in [5.74, 6) is 0.980. The van der Waals surface area contributed by atoms with Crippen molar-refractivity contribution < 1.29 is 9.47 Å². The van der Waals surface area contributed by atoms with E-state index in [2.05, 4.69) is 51.6 Å². The molecule has 0 aromatic heterocycles. The van der Waals surface area contributed by atoms with Gasteiger partial charge >= 0.3 is 0 Å². The number of ether oxygens (including phenoxy) is 2. The van der Waals surface area contributed by atoms with E-state index in [1.165, 1.54) is 29.5 Å². The normalized spacial score (nSPS) is 21.1. The second-order valence-corrected chi connectivity index (χ2v) is 8.12. The van der Waals surface area contributed by atoms with Crippen LogP contribution in [0.2, 0.25) is 0 Å². The second kappa shape index (κ2) is 11.1. The molecule has 0 bridgehead atoms. The molecule has 2 heterocycles. The van der Waals surface area contributed by atoms with E-state index < -0.39 is 0 Å². The molecule has 30 heavy (non-hydrogen) atoms. The number of hydrogen-bond acceptors (Lipinski definition) is 3. The molecule has 2 fully saturated rings. The molecule has 6 heteroatoms. The second-order valence-electron chi connectivity index (χ2n) is 8.12. The lowest BCUT2D eigenvalue weighted by Gasteiger charge is -2.25. The van der Waals surface area contributed by atoms with Gasteiger partial charge in [-0.15, -0.1) is 24.0 Å². The molecule has 2 aliphatic heterocycles. The number of rotatable bonds is 6. The quantitative estimate of drug-likeness (QED) is 0.352. The van der Waals surface area contributed by atoms with Crippen molar-refractivity contribution in [3.8, 4) is 0 Å². The van der Waals surface area contributed by atoms with Gasteiger partial charge in [-0.05, 0) is 29.5 Å². The molecule has 1 N–H and O–H groups in total. The molecule has 0 radical (unpaired) electrons. The first-order chi connectivity index (χ1) is 14.3. The average Bonchev–Trinajstić information content (AvgIpc) is 3.40. The van der Waals surface area contributed by atoms with E-state index in [9.17, 15) is 0 Å². The number of nitrogens with one attached hydrogen (secondary N) is 1. The molecule has 162 valence electrons. The van der Waals surface area contributed by atoms with Gasteiger partial charge in [0.15, 0.2) is 5.96 Å². The molecule has 1 unspecified atom stereocenters. The van der Waals surface area contributed by atoms with E-state index in [4.69, 9.17) is 9.47 Å². The molecular formula is C24H32IN3O2. The minimum absolute atomic E-state index is 0. The molecule has 0 aliphatic carbocycles. The highest BCUT2D eigenvalue weighted by atomic mass is 127. The van der Waals surface area contributed by atoms with Gasteiger partial charge in [-0.25, -0.2) is 0 Å². The highest BCUT2D eigenvalue weighted by Crippen LogP contribution is 2.38. The van der Waals surface area contributed by atoms with Crippen LogP contribution >= 0.6 is 24.0 Å². The fraction of sp³-hybridized carbons (Fsp3) is 0.458. The van der Waals surface area contributed by atoms with Crippen molar-refractivity contribution in [2.24, 2.45) is 10.4 Å². The van der Waals surface area contributed by atoms with Gasteiger partial charge in [0.25, 0.3) is 0 Å². The van der Waals surface area contributed by atoms with Crippen molar-refractivity contribution >= 4 is 29.9 Å². The summed E-state index contributed by atoms with van der Waals surface area (Å²) in [6, 6.07) is 18.8. The molecule has 2 aliphatic rings. The molecule has 5 nitrogen and oxygen atoms in total. The maximum absolute atomic E-state index is 5.96. The van der Waals surface area contributed by atoms with Crippen LogP contribution in [0.3, 0.4) is 0 Å². The number of halogens is 1. The highest BCUT2D eigenvalue weighted by molar-refractivity contribution is 14.0. The van der Waals surface area contributed by atoms with Crippen LogP contribution in [-0.4, -0.2) is 44.2 Å². The zero-order valence-corrected chi connectivity index (χ0v) is 20.0. The smallest absolute Gasteiger partial charge is 0.193 e. The lowest BCUT2D eigenvalue weighted by molar-refractivity contribution is 0.106. The van der Waals surface area contributed by atoms with Crippen molar-refractivity contribution in [3.63, 3.8) is 0 Å². The van der Waals surface area contributed by atoms with Gasteiger partial charge < -0.3 is 19.7 Å². The Bertz CT molecular complexity index is 822. The van der Waals surface area contributed by atoms with Crippen molar-refractivity contribution in [2.75, 3.05) is 33.4 Å². The largest absolute Gasteiger partial charge is 0.381 e. The van der Waals surface area contributed by atoms with Crippen LogP contribution in [0, 0.1) is 5.41 Å². The summed E-state index contributed by atoms with van der Waals surface area (Å²) in [6.07, 6.45) is 2.36. The third-order valence-electron chi connectivity index (χ3n) is 6.06. The first kappa shape index (κ1) is 23.0. The standard InChI is InChI=1S/C24H31N3O2.HI/c1-25-23(27-13-11-24(18-27)12-14-28-19-24)26-15-21-9-5-6-10-22(21)17-29-16-20-7-3-2-4-8-20;/h2-10H,11-19H2,1H3,(H,25,26);1H. The Kier molecular flexibility index (Phi) is 8.53. The maximum Gasteiger partial charge on any atom is 0.193 e. The van der Waals surface area contributed by atoms with Crippen LogP contribution in [0.25, 0.3) is 0 Å². The van der Waals surface area contributed by atoms with Crippen molar-refractivity contribution in [1.82, 2.24) is 10.2 Å². The Balaban J connectivity index is 0.00000256. The van der Waals surface area contributed by atoms with Gasteiger partial charge in [0.2, 0.25) is 0 Å². The van der Waals surface area contributed by atoms with Crippen molar-refractivity contribution in [3.05, 3.63) is 71.3 Å². The summed E-state index contributed by atoms with van der Waals surface area (Å²) in [5.41, 5.74) is 4.00. The number of likely N-dealkylation sites (tertiary alicyclic amines) is 1. The van der Waals surface area contributed by atoms with Gasteiger partial charge in [-0.1, -0.05) is 54.6 Å². The predicted octanol–water partition coefficient (Wildman–Crippen LogP) is 4.21. The van der Waals surface area contributed by atoms with Gasteiger partial charge in [0.1, 0.15) is 0 Å². The van der Waals surface area contributed by atoms with Crippen LogP contribution in [0.4, 0.5) is 0 Å². The number of guanidine groups is 1. The molecule has 0 saturated carbocycles. The van der Waals surface area contributed by atoms with E-state index >= 15 is 0 Å². The topological polar surface area (TPSA) is 46.1 Å². The lowest BCUT2D eigenvalue weighted by Crippen LogP contribution is -2.41. The molecule has 2 aromatic rings. The molecule has 0 amide bonds. The molecular weight excluding hydrogens is 489 g/mol. The van der Waals surface area contributed by atoms with Crippen LogP contribution in [0.5, 0.6) is 0 Å². The van der Waals surface area contributed by atoms with E-state index in [1.54, 1.807) is 0 Å². The van der Waals surface area contributed by atoms with Gasteiger partial charge in [0, 0.05) is 38.7 Å². The summed E-state index contributed by atoms with van der Waals surface area (Å²) in [6.45, 7) is 5.85. The van der Waals surface area contributed by atoms with Crippen LogP contribution < -0.4 is 5.32 Å². The molecule has 4 rings (SSSR count). The number of nitrogens with zero attached hydrogens (tertiary/aromatic N) is 2. The molecule has 2 aromatic carbocycles. The summed E-state index contributed by atoms with van der Waals surface area (Å²) >= 11 is 0. The minimum atomic E-state index is 0. The van der Waals surface area contributed by atoms with E-state index in [1.807, 2.05) is 25.2 Å². The Morgan fingerprint density at radius 2 is 1.83 bits per heavy atom. The third-order valence-corrected chi connectivity index (χ3v) is 6.06. The highest BCUT2D eigenvalue weighted by Gasteiger charge is 2.42. The summed E-state index contributed by atoms with van der Waals surface area (Å²) in [5, 5.41) is 3.56. The minimum Gasteiger partial charge on any atom is -0.381 e. The SMILES string of the molecule is CN=C(NCc1ccccc1COCc1ccccc1)N1CCC2(CCOC2)C1.I. The zero-order chi connectivity index (χ0) is 19.9. The predicted molar refractivity (Wildman–Crippen MR) is 131 cm³/mol. The number of aliphatic imine (C=N–C) groups is 1. The maximum atomic E-state index is 5.96. The van der Waals surface area contributed by atoms with Crippen molar-refractivity contribution in [1.29, 1.82) is 0 Å². The molecule has 1 spiro atoms. The first-order valence-electron chi connectivity index (χ1n) is 10.5. The van der Waals surface area contributed by atoms with Gasteiger partial charge in [-0.2, -0.15) is 0 Å². The van der Waals surface area contributed by atoms with Crippen LogP contribution in [-0.2, 0) is 29.2 Å².